The summed E-state index contributed by atoms with van der Waals surface area (Å²) in [5.41, 5.74) is 3.19. The predicted molar refractivity (Wildman–Crippen MR) is 82.8 cm³/mol. The molecule has 0 aromatic heterocycles. The summed E-state index contributed by atoms with van der Waals surface area (Å²) >= 11 is 0. The van der Waals surface area contributed by atoms with Gasteiger partial charge in [-0.15, -0.1) is 0 Å². The number of anilines is 1. The minimum Gasteiger partial charge on any atom is -0.323 e. The van der Waals surface area contributed by atoms with Crippen molar-refractivity contribution in [1.29, 1.82) is 5.26 Å². The SMILES string of the molecule is Cc1ccc(C#N)cc1NC(=O)N(C)Cc1ccccc1. The summed E-state index contributed by atoms with van der Waals surface area (Å²) in [4.78, 5) is 13.8. The molecule has 0 saturated carbocycles. The van der Waals surface area contributed by atoms with Crippen molar-refractivity contribution in [2.24, 2.45) is 0 Å². The molecule has 0 atom stereocenters. The molecular weight excluding hydrogens is 262 g/mol. The second-order valence-electron chi connectivity index (χ2n) is 4.91. The quantitative estimate of drug-likeness (QED) is 0.934. The van der Waals surface area contributed by atoms with Crippen molar-refractivity contribution < 1.29 is 4.79 Å². The van der Waals surface area contributed by atoms with Gasteiger partial charge in [0.15, 0.2) is 0 Å². The van der Waals surface area contributed by atoms with Crippen LogP contribution in [0.2, 0.25) is 0 Å². The van der Waals surface area contributed by atoms with Gasteiger partial charge in [0.2, 0.25) is 0 Å². The maximum Gasteiger partial charge on any atom is 0.321 e. The molecule has 0 aliphatic rings. The number of benzene rings is 2. The lowest BCUT2D eigenvalue weighted by atomic mass is 10.1. The van der Waals surface area contributed by atoms with Crippen LogP contribution in [0.5, 0.6) is 0 Å². The molecule has 0 aliphatic carbocycles. The Balaban J connectivity index is 2.06. The first-order valence-electron chi connectivity index (χ1n) is 6.67. The summed E-state index contributed by atoms with van der Waals surface area (Å²) in [6.45, 7) is 2.43. The first-order chi connectivity index (χ1) is 10.1. The van der Waals surface area contributed by atoms with E-state index in [0.29, 0.717) is 17.8 Å². The minimum atomic E-state index is -0.197. The smallest absolute Gasteiger partial charge is 0.321 e. The van der Waals surface area contributed by atoms with E-state index in [-0.39, 0.29) is 6.03 Å². The molecule has 4 heteroatoms. The van der Waals surface area contributed by atoms with Crippen LogP contribution in [0, 0.1) is 18.3 Å². The normalized spacial score (nSPS) is 9.76. The van der Waals surface area contributed by atoms with E-state index < -0.39 is 0 Å². The molecule has 0 bridgehead atoms. The van der Waals surface area contributed by atoms with Gasteiger partial charge < -0.3 is 10.2 Å². The Kier molecular flexibility index (Phi) is 4.57. The molecule has 1 N–H and O–H groups in total. The molecule has 4 nitrogen and oxygen atoms in total. The van der Waals surface area contributed by atoms with Crippen molar-refractivity contribution >= 4 is 11.7 Å². The number of carbonyl (C=O) groups is 1. The number of hydrogen-bond acceptors (Lipinski definition) is 2. The molecular formula is C17H17N3O. The van der Waals surface area contributed by atoms with Gasteiger partial charge in [0, 0.05) is 19.3 Å². The Labute approximate surface area is 124 Å². The fraction of sp³-hybridized carbons (Fsp3) is 0.176. The summed E-state index contributed by atoms with van der Waals surface area (Å²) in [5, 5.41) is 11.8. The van der Waals surface area contributed by atoms with Gasteiger partial charge in [0.05, 0.1) is 11.6 Å². The zero-order valence-corrected chi connectivity index (χ0v) is 12.1. The monoisotopic (exact) mass is 279 g/mol. The highest BCUT2D eigenvalue weighted by atomic mass is 16.2. The van der Waals surface area contributed by atoms with E-state index >= 15 is 0 Å². The second kappa shape index (κ2) is 6.58. The highest BCUT2D eigenvalue weighted by Gasteiger charge is 2.11. The Bertz CT molecular complexity index is 674. The van der Waals surface area contributed by atoms with Crippen LogP contribution in [0.1, 0.15) is 16.7 Å². The topological polar surface area (TPSA) is 56.1 Å². The lowest BCUT2D eigenvalue weighted by Crippen LogP contribution is -2.31. The first kappa shape index (κ1) is 14.6. The van der Waals surface area contributed by atoms with Crippen LogP contribution in [0.15, 0.2) is 48.5 Å². The van der Waals surface area contributed by atoms with E-state index in [2.05, 4.69) is 11.4 Å². The fourth-order valence-electron chi connectivity index (χ4n) is 1.97. The summed E-state index contributed by atoms with van der Waals surface area (Å²) in [6.07, 6.45) is 0. The third-order valence-electron chi connectivity index (χ3n) is 3.22. The maximum atomic E-state index is 12.2. The van der Waals surface area contributed by atoms with Gasteiger partial charge in [0.1, 0.15) is 0 Å². The van der Waals surface area contributed by atoms with Crippen LogP contribution in [0.25, 0.3) is 0 Å². The number of nitrogens with zero attached hydrogens (tertiary/aromatic N) is 2. The lowest BCUT2D eigenvalue weighted by molar-refractivity contribution is 0.220. The number of amides is 2. The lowest BCUT2D eigenvalue weighted by Gasteiger charge is -2.19. The highest BCUT2D eigenvalue weighted by molar-refractivity contribution is 5.90. The summed E-state index contributed by atoms with van der Waals surface area (Å²) in [7, 11) is 1.74. The van der Waals surface area contributed by atoms with Crippen molar-refractivity contribution in [1.82, 2.24) is 4.90 Å². The number of carbonyl (C=O) groups excluding carboxylic acids is 1. The number of aryl methyl sites for hydroxylation is 1. The average Bonchev–Trinajstić information content (AvgIpc) is 2.50. The number of urea groups is 1. The van der Waals surface area contributed by atoms with E-state index in [1.54, 1.807) is 24.1 Å². The van der Waals surface area contributed by atoms with Crippen LogP contribution in [-0.4, -0.2) is 18.0 Å². The van der Waals surface area contributed by atoms with E-state index in [4.69, 9.17) is 5.26 Å². The van der Waals surface area contributed by atoms with Crippen molar-refractivity contribution in [3.05, 3.63) is 65.2 Å². The van der Waals surface area contributed by atoms with Crippen LogP contribution in [-0.2, 0) is 6.54 Å². The third kappa shape index (κ3) is 3.83. The van der Waals surface area contributed by atoms with Gasteiger partial charge in [0.25, 0.3) is 0 Å². The van der Waals surface area contributed by atoms with E-state index in [1.807, 2.05) is 43.3 Å². The van der Waals surface area contributed by atoms with E-state index in [9.17, 15) is 4.79 Å². The van der Waals surface area contributed by atoms with Crippen LogP contribution in [0.4, 0.5) is 10.5 Å². The molecule has 21 heavy (non-hydrogen) atoms. The van der Waals surface area contributed by atoms with E-state index in [1.165, 1.54) is 0 Å². The Morgan fingerprint density at radius 2 is 1.95 bits per heavy atom. The van der Waals surface area contributed by atoms with Crippen molar-refractivity contribution in [2.75, 3.05) is 12.4 Å². The zero-order chi connectivity index (χ0) is 15.2. The zero-order valence-electron chi connectivity index (χ0n) is 12.1. The number of nitrogens with one attached hydrogen (secondary N) is 1. The van der Waals surface area contributed by atoms with Crippen LogP contribution < -0.4 is 5.32 Å². The molecule has 2 aromatic carbocycles. The third-order valence-corrected chi connectivity index (χ3v) is 3.22. The minimum absolute atomic E-state index is 0.197. The highest BCUT2D eigenvalue weighted by Crippen LogP contribution is 2.17. The largest absolute Gasteiger partial charge is 0.323 e. The summed E-state index contributed by atoms with van der Waals surface area (Å²) in [6, 6.07) is 16.9. The van der Waals surface area contributed by atoms with Gasteiger partial charge in [-0.1, -0.05) is 36.4 Å². The Hall–Kier alpha value is -2.80. The van der Waals surface area contributed by atoms with Gasteiger partial charge in [-0.2, -0.15) is 5.26 Å². The predicted octanol–water partition coefficient (Wildman–Crippen LogP) is 3.53. The number of hydrogen-bond donors (Lipinski definition) is 1. The molecule has 2 aromatic rings. The van der Waals surface area contributed by atoms with Gasteiger partial charge in [-0.25, -0.2) is 4.79 Å². The number of nitriles is 1. The Morgan fingerprint density at radius 1 is 1.24 bits per heavy atom. The van der Waals surface area contributed by atoms with Gasteiger partial charge >= 0.3 is 6.03 Å². The molecule has 0 saturated heterocycles. The van der Waals surface area contributed by atoms with Crippen molar-refractivity contribution in [3.8, 4) is 6.07 Å². The van der Waals surface area contributed by atoms with Crippen LogP contribution >= 0.6 is 0 Å². The average molecular weight is 279 g/mol. The van der Waals surface area contributed by atoms with Gasteiger partial charge in [-0.05, 0) is 30.2 Å². The standard InChI is InChI=1S/C17H17N3O/c1-13-8-9-15(11-18)10-16(13)19-17(21)20(2)12-14-6-4-3-5-7-14/h3-10H,12H2,1-2H3,(H,19,21). The molecule has 0 heterocycles. The molecule has 0 unspecified atom stereocenters. The molecule has 2 rings (SSSR count). The molecule has 2 amide bonds. The summed E-state index contributed by atoms with van der Waals surface area (Å²) < 4.78 is 0. The maximum absolute atomic E-state index is 12.2. The summed E-state index contributed by atoms with van der Waals surface area (Å²) in [5.74, 6) is 0. The molecule has 0 spiro atoms. The molecule has 0 fully saturated rings. The molecule has 0 aliphatic heterocycles. The second-order valence-corrected chi connectivity index (χ2v) is 4.91. The van der Waals surface area contributed by atoms with Crippen LogP contribution in [0.3, 0.4) is 0 Å². The van der Waals surface area contributed by atoms with Crippen molar-refractivity contribution in [2.45, 2.75) is 13.5 Å². The molecule has 106 valence electrons. The van der Waals surface area contributed by atoms with E-state index in [0.717, 1.165) is 11.1 Å². The van der Waals surface area contributed by atoms with Crippen molar-refractivity contribution in [3.63, 3.8) is 0 Å². The Morgan fingerprint density at radius 3 is 2.62 bits per heavy atom. The first-order valence-corrected chi connectivity index (χ1v) is 6.67. The number of rotatable bonds is 3. The fourth-order valence-corrected chi connectivity index (χ4v) is 1.97. The molecule has 0 radical (unpaired) electrons. The van der Waals surface area contributed by atoms with Gasteiger partial charge in [-0.3, -0.25) is 0 Å².